The van der Waals surface area contributed by atoms with Crippen LogP contribution >= 0.6 is 0 Å². The predicted octanol–water partition coefficient (Wildman–Crippen LogP) is 0.961. The summed E-state index contributed by atoms with van der Waals surface area (Å²) < 4.78 is 24.4. The average molecular weight is 264 g/mol. The molecule has 0 aromatic heterocycles. The van der Waals surface area contributed by atoms with E-state index in [1.165, 1.54) is 4.31 Å². The van der Waals surface area contributed by atoms with Crippen molar-refractivity contribution in [1.29, 1.82) is 0 Å². The lowest BCUT2D eigenvalue weighted by atomic mass is 10.1. The van der Waals surface area contributed by atoms with Crippen LogP contribution in [0.3, 0.4) is 0 Å². The molecule has 6 heteroatoms. The first-order valence-corrected chi connectivity index (χ1v) is 7.60. The predicted molar refractivity (Wildman–Crippen MR) is 69.2 cm³/mol. The Bertz CT molecular complexity index is 357. The summed E-state index contributed by atoms with van der Waals surface area (Å²) in [5.41, 5.74) is -0.351. The van der Waals surface area contributed by atoms with Crippen LogP contribution in [0.1, 0.15) is 41.0 Å². The molecule has 1 atom stereocenters. The quantitative estimate of drug-likeness (QED) is 0.804. The van der Waals surface area contributed by atoms with E-state index in [0.29, 0.717) is 6.42 Å². The van der Waals surface area contributed by atoms with Gasteiger partial charge in [-0.25, -0.2) is 8.42 Å². The second-order valence-corrected chi connectivity index (χ2v) is 7.30. The van der Waals surface area contributed by atoms with E-state index >= 15 is 0 Å². The van der Waals surface area contributed by atoms with E-state index < -0.39 is 10.0 Å². The van der Waals surface area contributed by atoms with Gasteiger partial charge in [0.2, 0.25) is 15.9 Å². The van der Waals surface area contributed by atoms with Gasteiger partial charge in [0.25, 0.3) is 0 Å². The molecule has 0 aromatic rings. The number of carbonyl (C=O) groups is 1. The Balaban J connectivity index is 4.74. The molecule has 17 heavy (non-hydrogen) atoms. The van der Waals surface area contributed by atoms with Crippen LogP contribution in [-0.4, -0.2) is 43.0 Å². The highest BCUT2D eigenvalue weighted by Gasteiger charge is 2.26. The summed E-state index contributed by atoms with van der Waals surface area (Å²) in [5.74, 6) is -0.275. The van der Waals surface area contributed by atoms with Crippen LogP contribution in [0.15, 0.2) is 0 Å². The third kappa shape index (κ3) is 6.63. The van der Waals surface area contributed by atoms with Crippen molar-refractivity contribution in [2.24, 2.45) is 0 Å². The van der Waals surface area contributed by atoms with Crippen molar-refractivity contribution in [2.75, 3.05) is 12.8 Å². The molecule has 0 saturated heterocycles. The van der Waals surface area contributed by atoms with Gasteiger partial charge in [-0.2, -0.15) is 4.31 Å². The Hall–Kier alpha value is -0.620. The van der Waals surface area contributed by atoms with Crippen LogP contribution in [0.4, 0.5) is 0 Å². The zero-order chi connectivity index (χ0) is 13.9. The van der Waals surface area contributed by atoms with E-state index in [4.69, 9.17) is 0 Å². The van der Waals surface area contributed by atoms with E-state index in [1.54, 1.807) is 6.92 Å². The van der Waals surface area contributed by atoms with Gasteiger partial charge in [-0.05, 0) is 34.1 Å². The van der Waals surface area contributed by atoms with Crippen LogP contribution in [0.25, 0.3) is 0 Å². The van der Waals surface area contributed by atoms with Crippen molar-refractivity contribution < 1.29 is 13.2 Å². The standard InChI is InChI=1S/C11H24N2O3S/c1-7-9(2)13(17(6,15)16)8-10(14)12-11(3,4)5/h9H,7-8H2,1-6H3,(H,12,14). The maximum Gasteiger partial charge on any atom is 0.235 e. The molecule has 0 bridgehead atoms. The minimum absolute atomic E-state index is 0.120. The molecular weight excluding hydrogens is 240 g/mol. The number of sulfonamides is 1. The second kappa shape index (κ2) is 5.82. The molecule has 0 heterocycles. The van der Waals surface area contributed by atoms with E-state index in [0.717, 1.165) is 6.26 Å². The van der Waals surface area contributed by atoms with Crippen LogP contribution < -0.4 is 5.32 Å². The fraction of sp³-hybridized carbons (Fsp3) is 0.909. The van der Waals surface area contributed by atoms with Crippen LogP contribution in [0, 0.1) is 0 Å². The highest BCUT2D eigenvalue weighted by molar-refractivity contribution is 7.88. The van der Waals surface area contributed by atoms with Gasteiger partial charge in [-0.15, -0.1) is 0 Å². The molecule has 1 N–H and O–H groups in total. The molecular formula is C11H24N2O3S. The topological polar surface area (TPSA) is 66.5 Å². The van der Waals surface area contributed by atoms with Crippen LogP contribution in [0.5, 0.6) is 0 Å². The summed E-state index contributed by atoms with van der Waals surface area (Å²) >= 11 is 0. The lowest BCUT2D eigenvalue weighted by Gasteiger charge is -2.27. The largest absolute Gasteiger partial charge is 0.350 e. The third-order valence-corrected chi connectivity index (χ3v) is 3.66. The fourth-order valence-corrected chi connectivity index (χ4v) is 2.56. The van der Waals surface area contributed by atoms with E-state index in [2.05, 4.69) is 5.32 Å². The monoisotopic (exact) mass is 264 g/mol. The van der Waals surface area contributed by atoms with Crippen molar-refractivity contribution >= 4 is 15.9 Å². The van der Waals surface area contributed by atoms with Gasteiger partial charge in [0.05, 0.1) is 12.8 Å². The van der Waals surface area contributed by atoms with Crippen LogP contribution in [0.2, 0.25) is 0 Å². The van der Waals surface area contributed by atoms with Crippen LogP contribution in [-0.2, 0) is 14.8 Å². The highest BCUT2D eigenvalue weighted by Crippen LogP contribution is 2.09. The SMILES string of the molecule is CCC(C)N(CC(=O)NC(C)(C)C)S(C)(=O)=O. The number of amides is 1. The summed E-state index contributed by atoms with van der Waals surface area (Å²) in [5, 5.41) is 2.76. The Morgan fingerprint density at radius 3 is 2.12 bits per heavy atom. The summed E-state index contributed by atoms with van der Waals surface area (Å²) in [6.45, 7) is 9.15. The van der Waals surface area contributed by atoms with Crippen molar-refractivity contribution in [3.63, 3.8) is 0 Å². The van der Waals surface area contributed by atoms with Crippen molar-refractivity contribution in [3.8, 4) is 0 Å². The summed E-state index contributed by atoms with van der Waals surface area (Å²) in [4.78, 5) is 11.7. The van der Waals surface area contributed by atoms with E-state index in [-0.39, 0.29) is 24.0 Å². The van der Waals surface area contributed by atoms with Gasteiger partial charge < -0.3 is 5.32 Å². The Labute approximate surface area is 105 Å². The second-order valence-electron chi connectivity index (χ2n) is 5.36. The van der Waals surface area contributed by atoms with E-state index in [1.807, 2.05) is 27.7 Å². The molecule has 0 aliphatic rings. The molecule has 5 nitrogen and oxygen atoms in total. The minimum atomic E-state index is -3.35. The molecule has 0 aliphatic heterocycles. The first kappa shape index (κ1) is 16.4. The molecule has 102 valence electrons. The average Bonchev–Trinajstić information content (AvgIpc) is 2.08. The lowest BCUT2D eigenvalue weighted by Crippen LogP contribution is -2.49. The summed E-state index contributed by atoms with van der Waals surface area (Å²) in [6.07, 6.45) is 1.80. The fourth-order valence-electron chi connectivity index (χ4n) is 1.40. The van der Waals surface area contributed by atoms with Crippen molar-refractivity contribution in [2.45, 2.75) is 52.6 Å². The molecule has 0 aliphatic carbocycles. The maximum atomic E-state index is 11.7. The maximum absolute atomic E-state index is 11.7. The van der Waals surface area contributed by atoms with Gasteiger partial charge in [0.1, 0.15) is 0 Å². The van der Waals surface area contributed by atoms with Gasteiger partial charge >= 0.3 is 0 Å². The Morgan fingerprint density at radius 2 is 1.82 bits per heavy atom. The zero-order valence-electron chi connectivity index (χ0n) is 11.6. The molecule has 1 unspecified atom stereocenters. The molecule has 1 amide bonds. The van der Waals surface area contributed by atoms with Crippen molar-refractivity contribution in [3.05, 3.63) is 0 Å². The Morgan fingerprint density at radius 1 is 1.35 bits per heavy atom. The van der Waals surface area contributed by atoms with Gasteiger partial charge in [0, 0.05) is 11.6 Å². The van der Waals surface area contributed by atoms with Gasteiger partial charge in [-0.3, -0.25) is 4.79 Å². The van der Waals surface area contributed by atoms with Gasteiger partial charge in [0.15, 0.2) is 0 Å². The molecule has 0 radical (unpaired) electrons. The molecule has 0 saturated carbocycles. The number of nitrogens with zero attached hydrogens (tertiary/aromatic N) is 1. The highest BCUT2D eigenvalue weighted by atomic mass is 32.2. The smallest absolute Gasteiger partial charge is 0.235 e. The number of rotatable bonds is 5. The normalized spacial score (nSPS) is 14.8. The summed E-state index contributed by atoms with van der Waals surface area (Å²) in [6, 6.07) is -0.171. The summed E-state index contributed by atoms with van der Waals surface area (Å²) in [7, 11) is -3.35. The number of nitrogens with one attached hydrogen (secondary N) is 1. The number of hydrogen-bond acceptors (Lipinski definition) is 3. The molecule has 0 rings (SSSR count). The molecule has 0 spiro atoms. The lowest BCUT2D eigenvalue weighted by molar-refractivity contribution is -0.123. The third-order valence-electron chi connectivity index (χ3n) is 2.32. The van der Waals surface area contributed by atoms with Crippen molar-refractivity contribution in [1.82, 2.24) is 9.62 Å². The number of carbonyl (C=O) groups excluding carboxylic acids is 1. The number of hydrogen-bond donors (Lipinski definition) is 1. The zero-order valence-corrected chi connectivity index (χ0v) is 12.4. The minimum Gasteiger partial charge on any atom is -0.350 e. The van der Waals surface area contributed by atoms with Gasteiger partial charge in [-0.1, -0.05) is 6.92 Å². The molecule has 0 aromatic carbocycles. The van der Waals surface area contributed by atoms with E-state index in [9.17, 15) is 13.2 Å². The first-order chi connectivity index (χ1) is 7.47. The Kier molecular flexibility index (Phi) is 5.61. The molecule has 0 fully saturated rings. The first-order valence-electron chi connectivity index (χ1n) is 5.75.